The van der Waals surface area contributed by atoms with Gasteiger partial charge in [0.1, 0.15) is 0 Å². The summed E-state index contributed by atoms with van der Waals surface area (Å²) in [6.07, 6.45) is -1.21. The number of amides is 2. The second-order valence-corrected chi connectivity index (χ2v) is 7.09. The quantitative estimate of drug-likeness (QED) is 0.634. The molecule has 0 atom stereocenters. The summed E-state index contributed by atoms with van der Waals surface area (Å²) < 4.78 is 39.4. The lowest BCUT2D eigenvalue weighted by atomic mass is 10.1. The Morgan fingerprint density at radius 3 is 2.28 bits per heavy atom. The molecule has 0 aliphatic carbocycles. The Labute approximate surface area is 182 Å². The van der Waals surface area contributed by atoms with E-state index in [0.29, 0.717) is 37.8 Å². The maximum Gasteiger partial charge on any atom is 0.418 e. The smallest absolute Gasteiger partial charge is 0.352 e. The van der Waals surface area contributed by atoms with Crippen molar-refractivity contribution in [2.45, 2.75) is 6.18 Å². The number of alkyl halides is 3. The zero-order chi connectivity index (χ0) is 22.6. The molecule has 166 valence electrons. The van der Waals surface area contributed by atoms with Crippen molar-refractivity contribution in [1.29, 1.82) is 0 Å². The summed E-state index contributed by atoms with van der Waals surface area (Å²) in [4.78, 5) is 19.9. The minimum Gasteiger partial charge on any atom is -0.352 e. The average molecular weight is 443 g/mol. The number of benzene rings is 1. The van der Waals surface area contributed by atoms with Crippen molar-refractivity contribution in [2.24, 2.45) is 0 Å². The predicted octanol–water partition coefficient (Wildman–Crippen LogP) is 3.99. The number of urea groups is 1. The minimum atomic E-state index is -4.54. The average Bonchev–Trinajstić information content (AvgIpc) is 2.80. The largest absolute Gasteiger partial charge is 0.418 e. The molecule has 1 fully saturated rings. The van der Waals surface area contributed by atoms with Gasteiger partial charge in [-0.2, -0.15) is 13.2 Å². The first kappa shape index (κ1) is 21.3. The molecule has 4 rings (SSSR count). The summed E-state index contributed by atoms with van der Waals surface area (Å²) in [7, 11) is 0. The van der Waals surface area contributed by atoms with E-state index in [1.165, 1.54) is 23.1 Å². The van der Waals surface area contributed by atoms with Crippen molar-refractivity contribution in [3.05, 3.63) is 66.5 Å². The summed E-state index contributed by atoms with van der Waals surface area (Å²) in [6, 6.07) is 11.6. The van der Waals surface area contributed by atoms with Gasteiger partial charge in [-0.05, 0) is 36.4 Å². The molecule has 1 aromatic carbocycles. The van der Waals surface area contributed by atoms with Crippen LogP contribution in [0.1, 0.15) is 5.56 Å². The number of hydrogen-bond acceptors (Lipinski definition) is 6. The van der Waals surface area contributed by atoms with E-state index < -0.39 is 17.8 Å². The lowest BCUT2D eigenvalue weighted by Crippen LogP contribution is -2.50. The van der Waals surface area contributed by atoms with Crippen molar-refractivity contribution >= 4 is 29.0 Å². The van der Waals surface area contributed by atoms with E-state index in [4.69, 9.17) is 0 Å². The van der Waals surface area contributed by atoms with Crippen LogP contribution in [-0.2, 0) is 6.18 Å². The minimum absolute atomic E-state index is 0.254. The van der Waals surface area contributed by atoms with Gasteiger partial charge in [0.25, 0.3) is 0 Å². The van der Waals surface area contributed by atoms with Gasteiger partial charge in [0.15, 0.2) is 11.6 Å². The number of aromatic nitrogens is 3. The van der Waals surface area contributed by atoms with Crippen LogP contribution in [0.4, 0.5) is 41.0 Å². The van der Waals surface area contributed by atoms with Crippen LogP contribution in [0.2, 0.25) is 0 Å². The maximum atomic E-state index is 13.1. The molecule has 3 heterocycles. The van der Waals surface area contributed by atoms with Gasteiger partial charge in [-0.3, -0.25) is 4.98 Å². The molecule has 3 aromatic rings. The number of halogens is 3. The van der Waals surface area contributed by atoms with Crippen LogP contribution >= 0.6 is 0 Å². The highest BCUT2D eigenvalue weighted by Gasteiger charge is 2.34. The van der Waals surface area contributed by atoms with Crippen molar-refractivity contribution in [3.63, 3.8) is 0 Å². The van der Waals surface area contributed by atoms with Crippen LogP contribution in [0.25, 0.3) is 0 Å². The van der Waals surface area contributed by atoms with Gasteiger partial charge in [0.05, 0.1) is 11.3 Å². The first-order valence-corrected chi connectivity index (χ1v) is 9.88. The van der Waals surface area contributed by atoms with E-state index in [1.54, 1.807) is 18.5 Å². The zero-order valence-corrected chi connectivity index (χ0v) is 16.9. The number of anilines is 4. The molecule has 11 heteroatoms. The van der Waals surface area contributed by atoms with Gasteiger partial charge in [-0.25, -0.2) is 4.79 Å². The van der Waals surface area contributed by atoms with E-state index in [2.05, 4.69) is 25.8 Å². The number of pyridine rings is 1. The molecule has 1 aliphatic heterocycles. The van der Waals surface area contributed by atoms with Crippen LogP contribution in [0.3, 0.4) is 0 Å². The number of hydrogen-bond donors (Lipinski definition) is 2. The van der Waals surface area contributed by atoms with Crippen LogP contribution in [0.15, 0.2) is 60.9 Å². The number of para-hydroxylation sites is 1. The Balaban J connectivity index is 1.33. The molecule has 1 saturated heterocycles. The Morgan fingerprint density at radius 2 is 1.62 bits per heavy atom. The van der Waals surface area contributed by atoms with Gasteiger partial charge < -0.3 is 20.4 Å². The van der Waals surface area contributed by atoms with Gasteiger partial charge in [0, 0.05) is 44.3 Å². The fourth-order valence-corrected chi connectivity index (χ4v) is 3.32. The molecule has 0 spiro atoms. The summed E-state index contributed by atoms with van der Waals surface area (Å²) >= 11 is 0. The topological polar surface area (TPSA) is 86.3 Å². The van der Waals surface area contributed by atoms with Crippen molar-refractivity contribution < 1.29 is 18.0 Å². The van der Waals surface area contributed by atoms with E-state index in [0.717, 1.165) is 11.8 Å². The highest BCUT2D eigenvalue weighted by molar-refractivity contribution is 5.90. The summed E-state index contributed by atoms with van der Waals surface area (Å²) in [5, 5.41) is 13.9. The lowest BCUT2D eigenvalue weighted by Gasteiger charge is -2.35. The normalized spacial score (nSPS) is 14.2. The highest BCUT2D eigenvalue weighted by Crippen LogP contribution is 2.34. The molecule has 0 unspecified atom stereocenters. The molecule has 8 nitrogen and oxygen atoms in total. The van der Waals surface area contributed by atoms with E-state index in [-0.39, 0.29) is 5.69 Å². The zero-order valence-electron chi connectivity index (χ0n) is 16.9. The fraction of sp³-hybridized carbons (Fsp3) is 0.238. The monoisotopic (exact) mass is 443 g/mol. The summed E-state index contributed by atoms with van der Waals surface area (Å²) in [5.74, 6) is 1.24. The molecule has 1 aliphatic rings. The van der Waals surface area contributed by atoms with Gasteiger partial charge >= 0.3 is 12.2 Å². The first-order chi connectivity index (χ1) is 15.4. The van der Waals surface area contributed by atoms with Crippen molar-refractivity contribution in [2.75, 3.05) is 41.7 Å². The standard InChI is InChI=1S/C21H20F3N7O/c22-21(23,24)16-3-1-2-4-17(16)27-20(32)31-13-11-30(12-14-31)19-6-5-18(28-29-19)26-15-7-9-25-10-8-15/h1-10H,11-14H2,(H,27,32)(H,25,26,28). The highest BCUT2D eigenvalue weighted by atomic mass is 19.4. The van der Waals surface area contributed by atoms with Crippen molar-refractivity contribution in [3.8, 4) is 0 Å². The number of nitrogens with zero attached hydrogens (tertiary/aromatic N) is 5. The molecular weight excluding hydrogens is 423 g/mol. The number of carbonyl (C=O) groups excluding carboxylic acids is 1. The fourth-order valence-electron chi connectivity index (χ4n) is 3.32. The second-order valence-electron chi connectivity index (χ2n) is 7.09. The van der Waals surface area contributed by atoms with Gasteiger partial charge in [-0.15, -0.1) is 10.2 Å². The van der Waals surface area contributed by atoms with E-state index in [1.807, 2.05) is 23.1 Å². The Bertz CT molecular complexity index is 1050. The number of rotatable bonds is 4. The second kappa shape index (κ2) is 9.08. The van der Waals surface area contributed by atoms with Gasteiger partial charge in [0.2, 0.25) is 0 Å². The molecule has 32 heavy (non-hydrogen) atoms. The van der Waals surface area contributed by atoms with Gasteiger partial charge in [-0.1, -0.05) is 12.1 Å². The SMILES string of the molecule is O=C(Nc1ccccc1C(F)(F)F)N1CCN(c2ccc(Nc3ccncc3)nn2)CC1. The van der Waals surface area contributed by atoms with Crippen LogP contribution in [0.5, 0.6) is 0 Å². The molecular formula is C21H20F3N7O. The number of nitrogens with one attached hydrogen (secondary N) is 2. The van der Waals surface area contributed by atoms with E-state index in [9.17, 15) is 18.0 Å². The Morgan fingerprint density at radius 1 is 0.906 bits per heavy atom. The first-order valence-electron chi connectivity index (χ1n) is 9.88. The third-order valence-corrected chi connectivity index (χ3v) is 4.97. The summed E-state index contributed by atoms with van der Waals surface area (Å²) in [6.45, 7) is 1.66. The van der Waals surface area contributed by atoms with Crippen LogP contribution < -0.4 is 15.5 Å². The summed E-state index contributed by atoms with van der Waals surface area (Å²) in [5.41, 5.74) is -0.285. The number of carbonyl (C=O) groups is 1. The third-order valence-electron chi connectivity index (χ3n) is 4.97. The molecule has 2 amide bonds. The molecule has 0 radical (unpaired) electrons. The molecule has 2 aromatic heterocycles. The molecule has 0 saturated carbocycles. The molecule has 2 N–H and O–H groups in total. The maximum absolute atomic E-state index is 13.1. The van der Waals surface area contributed by atoms with Crippen LogP contribution in [-0.4, -0.2) is 52.3 Å². The molecule has 0 bridgehead atoms. The predicted molar refractivity (Wildman–Crippen MR) is 114 cm³/mol. The lowest BCUT2D eigenvalue weighted by molar-refractivity contribution is -0.136. The van der Waals surface area contributed by atoms with Crippen LogP contribution in [0, 0.1) is 0 Å². The number of piperazine rings is 1. The van der Waals surface area contributed by atoms with Crippen molar-refractivity contribution in [1.82, 2.24) is 20.1 Å². The van der Waals surface area contributed by atoms with E-state index >= 15 is 0 Å². The Kier molecular flexibility index (Phi) is 6.06. The third kappa shape index (κ3) is 5.05. The Hall–Kier alpha value is -3.89.